The number of carbonyl (C=O) groups is 1. The lowest BCUT2D eigenvalue weighted by atomic mass is 10.1. The lowest BCUT2D eigenvalue weighted by molar-refractivity contribution is 0.0966. The van der Waals surface area contributed by atoms with Crippen molar-refractivity contribution in [3.05, 3.63) is 34.3 Å². The van der Waals surface area contributed by atoms with Crippen molar-refractivity contribution in [2.75, 3.05) is 7.11 Å². The lowest BCUT2D eigenvalue weighted by Crippen LogP contribution is -2.11. The summed E-state index contributed by atoms with van der Waals surface area (Å²) in [6.45, 7) is 2.81. The molecule has 20 heavy (non-hydrogen) atoms. The van der Waals surface area contributed by atoms with E-state index in [-0.39, 0.29) is 5.78 Å². The molecule has 2 heterocycles. The van der Waals surface area contributed by atoms with Crippen molar-refractivity contribution in [1.82, 2.24) is 9.78 Å². The third-order valence-corrected chi connectivity index (χ3v) is 4.07. The van der Waals surface area contributed by atoms with Crippen molar-refractivity contribution in [3.8, 4) is 5.75 Å². The molecule has 0 unspecified atom stereocenters. The van der Waals surface area contributed by atoms with Crippen LogP contribution in [0.25, 0.3) is 0 Å². The maximum absolute atomic E-state index is 12.4. The lowest BCUT2D eigenvalue weighted by Gasteiger charge is -2.07. The third-order valence-electron chi connectivity index (χ3n) is 3.13. The summed E-state index contributed by atoms with van der Waals surface area (Å²) in [4.78, 5) is 13.7. The van der Waals surface area contributed by atoms with Crippen molar-refractivity contribution >= 4 is 17.1 Å². The quantitative estimate of drug-likeness (QED) is 0.699. The van der Waals surface area contributed by atoms with E-state index in [1.807, 2.05) is 6.07 Å². The second-order valence-corrected chi connectivity index (χ2v) is 5.67. The normalized spacial score (nSPS) is 10.7. The van der Waals surface area contributed by atoms with Crippen LogP contribution in [0, 0.1) is 0 Å². The first kappa shape index (κ1) is 14.8. The van der Waals surface area contributed by atoms with Crippen LogP contribution in [0.2, 0.25) is 0 Å². The topological polar surface area (TPSA) is 44.1 Å². The Labute approximate surface area is 123 Å². The highest BCUT2D eigenvalue weighted by Crippen LogP contribution is 2.21. The van der Waals surface area contributed by atoms with E-state index in [0.29, 0.717) is 17.9 Å². The number of aromatic nitrogens is 2. The van der Waals surface area contributed by atoms with Gasteiger partial charge in [0.05, 0.1) is 13.3 Å². The molecule has 0 aromatic carbocycles. The fraction of sp³-hybridized carbons (Fsp3) is 0.467. The molecule has 5 heteroatoms. The molecule has 0 aliphatic heterocycles. The van der Waals surface area contributed by atoms with E-state index in [1.54, 1.807) is 29.3 Å². The summed E-state index contributed by atoms with van der Waals surface area (Å²) >= 11 is 1.74. The maximum atomic E-state index is 12.4. The molecule has 4 nitrogen and oxygen atoms in total. The molecule has 2 aromatic rings. The van der Waals surface area contributed by atoms with E-state index in [0.717, 1.165) is 25.8 Å². The number of hydrogen-bond donors (Lipinski definition) is 0. The largest absolute Gasteiger partial charge is 0.493 e. The SMILES string of the molecule is CCCn1ncc(OC)c1C(=O)CCCc1cccs1. The minimum absolute atomic E-state index is 0.115. The van der Waals surface area contributed by atoms with Gasteiger partial charge in [-0.25, -0.2) is 0 Å². The predicted molar refractivity (Wildman–Crippen MR) is 80.7 cm³/mol. The van der Waals surface area contributed by atoms with E-state index >= 15 is 0 Å². The fourth-order valence-electron chi connectivity index (χ4n) is 2.18. The molecule has 0 aliphatic rings. The standard InChI is InChI=1S/C15H20N2O2S/c1-3-9-17-15(14(19-2)11-16-17)13(18)8-4-6-12-7-5-10-20-12/h5,7,10-11H,3-4,6,8-9H2,1-2H3. The molecule has 108 valence electrons. The van der Waals surface area contributed by atoms with Crippen molar-refractivity contribution in [1.29, 1.82) is 0 Å². The molecule has 0 amide bonds. The van der Waals surface area contributed by atoms with Gasteiger partial charge in [0.15, 0.2) is 11.5 Å². The Morgan fingerprint density at radius 2 is 2.35 bits per heavy atom. The summed E-state index contributed by atoms with van der Waals surface area (Å²) in [6, 6.07) is 4.15. The van der Waals surface area contributed by atoms with Gasteiger partial charge < -0.3 is 4.74 Å². The first-order valence-corrected chi connectivity index (χ1v) is 7.79. The van der Waals surface area contributed by atoms with Gasteiger partial charge in [-0.3, -0.25) is 9.48 Å². The Kier molecular flexibility index (Phi) is 5.35. The molecule has 2 aromatic heterocycles. The smallest absolute Gasteiger partial charge is 0.184 e. The summed E-state index contributed by atoms with van der Waals surface area (Å²) < 4.78 is 7.00. The van der Waals surface area contributed by atoms with E-state index < -0.39 is 0 Å². The number of thiophene rings is 1. The Morgan fingerprint density at radius 3 is 3.00 bits per heavy atom. The molecule has 0 radical (unpaired) electrons. The molecular weight excluding hydrogens is 272 g/mol. The Hall–Kier alpha value is -1.62. The van der Waals surface area contributed by atoms with Crippen molar-refractivity contribution in [3.63, 3.8) is 0 Å². The van der Waals surface area contributed by atoms with Crippen LogP contribution in [0.1, 0.15) is 41.6 Å². The molecule has 0 fully saturated rings. The zero-order valence-corrected chi connectivity index (χ0v) is 12.8. The summed E-state index contributed by atoms with van der Waals surface area (Å²) in [7, 11) is 1.58. The van der Waals surface area contributed by atoms with Gasteiger partial charge in [-0.2, -0.15) is 5.10 Å². The number of carbonyl (C=O) groups excluding carboxylic acids is 1. The number of ketones is 1. The molecule has 0 saturated heterocycles. The van der Waals surface area contributed by atoms with Crippen LogP contribution in [0.4, 0.5) is 0 Å². The Morgan fingerprint density at radius 1 is 1.50 bits per heavy atom. The molecule has 0 spiro atoms. The highest BCUT2D eigenvalue weighted by Gasteiger charge is 2.18. The van der Waals surface area contributed by atoms with Gasteiger partial charge in [-0.1, -0.05) is 13.0 Å². The van der Waals surface area contributed by atoms with E-state index in [4.69, 9.17) is 4.74 Å². The van der Waals surface area contributed by atoms with Gasteiger partial charge in [-0.05, 0) is 30.7 Å². The van der Waals surface area contributed by atoms with E-state index in [2.05, 4.69) is 23.5 Å². The van der Waals surface area contributed by atoms with Gasteiger partial charge in [0, 0.05) is 17.8 Å². The summed E-state index contributed by atoms with van der Waals surface area (Å²) in [5.41, 5.74) is 0.612. The number of aryl methyl sites for hydroxylation is 2. The Bertz CT molecular complexity index is 546. The first-order chi connectivity index (χ1) is 9.76. The van der Waals surface area contributed by atoms with Crippen LogP contribution < -0.4 is 4.74 Å². The number of hydrogen-bond acceptors (Lipinski definition) is 4. The molecule has 2 rings (SSSR count). The minimum atomic E-state index is 0.115. The second-order valence-electron chi connectivity index (χ2n) is 4.64. The van der Waals surface area contributed by atoms with Crippen LogP contribution >= 0.6 is 11.3 Å². The monoisotopic (exact) mass is 292 g/mol. The number of ether oxygens (including phenoxy) is 1. The van der Waals surface area contributed by atoms with Crippen LogP contribution in [0.3, 0.4) is 0 Å². The van der Waals surface area contributed by atoms with Gasteiger partial charge >= 0.3 is 0 Å². The fourth-order valence-corrected chi connectivity index (χ4v) is 2.93. The number of methoxy groups -OCH3 is 1. The average molecular weight is 292 g/mol. The average Bonchev–Trinajstić information content (AvgIpc) is 3.08. The van der Waals surface area contributed by atoms with Gasteiger partial charge in [0.25, 0.3) is 0 Å². The van der Waals surface area contributed by atoms with Crippen LogP contribution in [-0.2, 0) is 13.0 Å². The zero-order chi connectivity index (χ0) is 14.4. The maximum Gasteiger partial charge on any atom is 0.184 e. The molecule has 0 atom stereocenters. The number of nitrogens with zero attached hydrogens (tertiary/aromatic N) is 2. The first-order valence-electron chi connectivity index (χ1n) is 6.91. The highest BCUT2D eigenvalue weighted by molar-refractivity contribution is 7.09. The van der Waals surface area contributed by atoms with Gasteiger partial charge in [0.2, 0.25) is 0 Å². The number of rotatable bonds is 8. The summed E-state index contributed by atoms with van der Waals surface area (Å²) in [6.07, 6.45) is 4.92. The Balaban J connectivity index is 1.98. The predicted octanol–water partition coefficient (Wildman–Crippen LogP) is 3.57. The van der Waals surface area contributed by atoms with Crippen LogP contribution in [-0.4, -0.2) is 22.7 Å². The van der Waals surface area contributed by atoms with Gasteiger partial charge in [0.1, 0.15) is 5.69 Å². The zero-order valence-electron chi connectivity index (χ0n) is 12.0. The third kappa shape index (κ3) is 3.48. The molecule has 0 bridgehead atoms. The summed E-state index contributed by atoms with van der Waals surface area (Å²) in [5.74, 6) is 0.698. The van der Waals surface area contributed by atoms with Crippen molar-refractivity contribution in [2.24, 2.45) is 0 Å². The summed E-state index contributed by atoms with van der Waals surface area (Å²) in [5, 5.41) is 6.29. The second kappa shape index (κ2) is 7.24. The molecule has 0 aliphatic carbocycles. The van der Waals surface area contributed by atoms with E-state index in [1.165, 1.54) is 4.88 Å². The van der Waals surface area contributed by atoms with E-state index in [9.17, 15) is 4.79 Å². The molecular formula is C15H20N2O2S. The van der Waals surface area contributed by atoms with Gasteiger partial charge in [-0.15, -0.1) is 11.3 Å². The van der Waals surface area contributed by atoms with Crippen LogP contribution in [0.5, 0.6) is 5.75 Å². The minimum Gasteiger partial charge on any atom is -0.493 e. The molecule has 0 N–H and O–H groups in total. The number of Topliss-reactive ketones (excluding diaryl/α,β-unsaturated/α-hetero) is 1. The highest BCUT2D eigenvalue weighted by atomic mass is 32.1. The van der Waals surface area contributed by atoms with Crippen molar-refractivity contribution < 1.29 is 9.53 Å². The van der Waals surface area contributed by atoms with Crippen LogP contribution in [0.15, 0.2) is 23.7 Å². The molecule has 0 saturated carbocycles. The van der Waals surface area contributed by atoms with Crippen molar-refractivity contribution in [2.45, 2.75) is 39.2 Å².